The Morgan fingerprint density at radius 3 is 2.67 bits per heavy atom. The number of nitrogens with one attached hydrogen (secondary N) is 1. The fourth-order valence-corrected chi connectivity index (χ4v) is 1.17. The number of amides is 1. The van der Waals surface area contributed by atoms with E-state index in [0.29, 0.717) is 16.5 Å². The second-order valence-corrected chi connectivity index (χ2v) is 3.90. The third-order valence-electron chi connectivity index (χ3n) is 1.96. The Bertz CT molecular complexity index is 364. The lowest BCUT2D eigenvalue weighted by Gasteiger charge is -2.10. The van der Waals surface area contributed by atoms with Crippen molar-refractivity contribution in [2.75, 3.05) is 12.4 Å². The molecule has 0 bridgehead atoms. The first-order valence-electron chi connectivity index (χ1n) is 4.69. The SMILES string of the molecule is COc1ccc(Cl)c(NC(=O)C(C)C)c1. The van der Waals surface area contributed by atoms with E-state index in [1.165, 1.54) is 0 Å². The molecule has 82 valence electrons. The van der Waals surface area contributed by atoms with Gasteiger partial charge in [-0.25, -0.2) is 0 Å². The summed E-state index contributed by atoms with van der Waals surface area (Å²) < 4.78 is 5.04. The standard InChI is InChI=1S/C11H14ClNO2/c1-7(2)11(14)13-10-6-8(15-3)4-5-9(10)12/h4-7H,1-3H3,(H,13,14). The molecule has 0 aromatic heterocycles. The lowest BCUT2D eigenvalue weighted by molar-refractivity contribution is -0.118. The molecule has 0 aliphatic heterocycles. The average Bonchev–Trinajstić information content (AvgIpc) is 2.21. The molecule has 0 aliphatic carbocycles. The molecule has 1 aromatic carbocycles. The van der Waals surface area contributed by atoms with Gasteiger partial charge in [-0.2, -0.15) is 0 Å². The van der Waals surface area contributed by atoms with Crippen LogP contribution in [0.1, 0.15) is 13.8 Å². The molecule has 0 spiro atoms. The molecule has 0 fully saturated rings. The highest BCUT2D eigenvalue weighted by Gasteiger charge is 2.10. The van der Waals surface area contributed by atoms with E-state index in [0.717, 1.165) is 0 Å². The quantitative estimate of drug-likeness (QED) is 0.862. The lowest BCUT2D eigenvalue weighted by Crippen LogP contribution is -2.17. The molecule has 0 saturated heterocycles. The van der Waals surface area contributed by atoms with Crippen molar-refractivity contribution in [2.45, 2.75) is 13.8 Å². The molecule has 0 radical (unpaired) electrons. The first-order valence-corrected chi connectivity index (χ1v) is 5.06. The average molecular weight is 228 g/mol. The van der Waals surface area contributed by atoms with Crippen LogP contribution in [-0.4, -0.2) is 13.0 Å². The number of methoxy groups -OCH3 is 1. The van der Waals surface area contributed by atoms with Crippen LogP contribution in [0.2, 0.25) is 5.02 Å². The van der Waals surface area contributed by atoms with E-state index in [9.17, 15) is 4.79 Å². The summed E-state index contributed by atoms with van der Waals surface area (Å²) >= 11 is 5.93. The van der Waals surface area contributed by atoms with E-state index in [2.05, 4.69) is 5.32 Å². The maximum atomic E-state index is 11.5. The Kier molecular flexibility index (Phi) is 3.97. The van der Waals surface area contributed by atoms with Crippen LogP contribution in [0, 0.1) is 5.92 Å². The zero-order chi connectivity index (χ0) is 11.4. The maximum Gasteiger partial charge on any atom is 0.226 e. The van der Waals surface area contributed by atoms with Gasteiger partial charge in [0, 0.05) is 12.0 Å². The number of hydrogen-bond donors (Lipinski definition) is 1. The first-order chi connectivity index (χ1) is 7.04. The monoisotopic (exact) mass is 227 g/mol. The Labute approximate surface area is 94.4 Å². The van der Waals surface area contributed by atoms with Crippen molar-refractivity contribution >= 4 is 23.2 Å². The zero-order valence-corrected chi connectivity index (χ0v) is 9.76. The number of halogens is 1. The summed E-state index contributed by atoms with van der Waals surface area (Å²) in [6, 6.07) is 5.13. The molecule has 1 aromatic rings. The number of carbonyl (C=O) groups excluding carboxylic acids is 1. The third kappa shape index (κ3) is 3.13. The molecule has 15 heavy (non-hydrogen) atoms. The van der Waals surface area contributed by atoms with Crippen molar-refractivity contribution < 1.29 is 9.53 Å². The summed E-state index contributed by atoms with van der Waals surface area (Å²) in [5.74, 6) is 0.524. The normalized spacial score (nSPS) is 10.2. The molecule has 0 saturated carbocycles. The van der Waals surface area contributed by atoms with Crippen LogP contribution in [0.3, 0.4) is 0 Å². The van der Waals surface area contributed by atoms with Gasteiger partial charge in [0.25, 0.3) is 0 Å². The van der Waals surface area contributed by atoms with Gasteiger partial charge in [-0.15, -0.1) is 0 Å². The molecule has 0 unspecified atom stereocenters. The van der Waals surface area contributed by atoms with Gasteiger partial charge in [0.1, 0.15) is 5.75 Å². The largest absolute Gasteiger partial charge is 0.497 e. The van der Waals surface area contributed by atoms with Gasteiger partial charge in [-0.05, 0) is 12.1 Å². The number of benzene rings is 1. The van der Waals surface area contributed by atoms with Crippen molar-refractivity contribution in [2.24, 2.45) is 5.92 Å². The molecule has 1 amide bonds. The predicted octanol–water partition coefficient (Wildman–Crippen LogP) is 2.94. The van der Waals surface area contributed by atoms with E-state index in [-0.39, 0.29) is 11.8 Å². The van der Waals surface area contributed by atoms with Crippen molar-refractivity contribution in [3.8, 4) is 5.75 Å². The van der Waals surface area contributed by atoms with E-state index < -0.39 is 0 Å². The zero-order valence-electron chi connectivity index (χ0n) is 9.00. The van der Waals surface area contributed by atoms with Crippen molar-refractivity contribution in [3.05, 3.63) is 23.2 Å². The van der Waals surface area contributed by atoms with Crippen LogP contribution in [-0.2, 0) is 4.79 Å². The van der Waals surface area contributed by atoms with Gasteiger partial charge in [0.2, 0.25) is 5.91 Å². The first kappa shape index (κ1) is 11.9. The van der Waals surface area contributed by atoms with Gasteiger partial charge >= 0.3 is 0 Å². The van der Waals surface area contributed by atoms with E-state index in [1.54, 1.807) is 25.3 Å². The second kappa shape index (κ2) is 5.03. The second-order valence-electron chi connectivity index (χ2n) is 3.49. The summed E-state index contributed by atoms with van der Waals surface area (Å²) in [4.78, 5) is 11.5. The van der Waals surface area contributed by atoms with Crippen LogP contribution in [0.15, 0.2) is 18.2 Å². The summed E-state index contributed by atoms with van der Waals surface area (Å²) in [5.41, 5.74) is 0.578. The number of rotatable bonds is 3. The van der Waals surface area contributed by atoms with Crippen molar-refractivity contribution in [1.82, 2.24) is 0 Å². The summed E-state index contributed by atoms with van der Waals surface area (Å²) in [7, 11) is 1.57. The highest BCUT2D eigenvalue weighted by atomic mass is 35.5. The molecule has 3 nitrogen and oxygen atoms in total. The molecule has 1 rings (SSSR count). The minimum absolute atomic E-state index is 0.0647. The smallest absolute Gasteiger partial charge is 0.226 e. The van der Waals surface area contributed by atoms with Crippen LogP contribution >= 0.6 is 11.6 Å². The van der Waals surface area contributed by atoms with Crippen LogP contribution in [0.25, 0.3) is 0 Å². The molecule has 4 heteroatoms. The van der Waals surface area contributed by atoms with Gasteiger partial charge in [0.05, 0.1) is 17.8 Å². The van der Waals surface area contributed by atoms with E-state index in [1.807, 2.05) is 13.8 Å². The van der Waals surface area contributed by atoms with Gasteiger partial charge in [-0.1, -0.05) is 25.4 Å². The predicted molar refractivity (Wildman–Crippen MR) is 61.5 cm³/mol. The van der Waals surface area contributed by atoms with Crippen LogP contribution in [0.4, 0.5) is 5.69 Å². The van der Waals surface area contributed by atoms with Crippen LogP contribution < -0.4 is 10.1 Å². The minimum atomic E-state index is -0.0766. The van der Waals surface area contributed by atoms with E-state index >= 15 is 0 Å². The fourth-order valence-electron chi connectivity index (χ4n) is 1.00. The molecule has 0 atom stereocenters. The number of carbonyl (C=O) groups is 1. The van der Waals surface area contributed by atoms with Crippen molar-refractivity contribution in [3.63, 3.8) is 0 Å². The molecule has 1 N–H and O–H groups in total. The van der Waals surface area contributed by atoms with E-state index in [4.69, 9.17) is 16.3 Å². The Morgan fingerprint density at radius 1 is 1.47 bits per heavy atom. The lowest BCUT2D eigenvalue weighted by atomic mass is 10.2. The molecular formula is C11H14ClNO2. The summed E-state index contributed by atoms with van der Waals surface area (Å²) in [6.45, 7) is 3.65. The maximum absolute atomic E-state index is 11.5. The number of anilines is 1. The number of ether oxygens (including phenoxy) is 1. The minimum Gasteiger partial charge on any atom is -0.497 e. The molecule has 0 aliphatic rings. The highest BCUT2D eigenvalue weighted by molar-refractivity contribution is 6.33. The topological polar surface area (TPSA) is 38.3 Å². The third-order valence-corrected chi connectivity index (χ3v) is 2.29. The summed E-state index contributed by atoms with van der Waals surface area (Å²) in [5, 5.41) is 3.24. The Hall–Kier alpha value is -1.22. The number of hydrogen-bond acceptors (Lipinski definition) is 2. The van der Waals surface area contributed by atoms with Gasteiger partial charge in [-0.3, -0.25) is 4.79 Å². The van der Waals surface area contributed by atoms with Crippen molar-refractivity contribution in [1.29, 1.82) is 0 Å². The molecule has 0 heterocycles. The summed E-state index contributed by atoms with van der Waals surface area (Å²) in [6.07, 6.45) is 0. The highest BCUT2D eigenvalue weighted by Crippen LogP contribution is 2.26. The van der Waals surface area contributed by atoms with Crippen LogP contribution in [0.5, 0.6) is 5.75 Å². The fraction of sp³-hybridized carbons (Fsp3) is 0.364. The Morgan fingerprint density at radius 2 is 2.13 bits per heavy atom. The van der Waals surface area contributed by atoms with Gasteiger partial charge < -0.3 is 10.1 Å². The van der Waals surface area contributed by atoms with Gasteiger partial charge in [0.15, 0.2) is 0 Å². The molecular weight excluding hydrogens is 214 g/mol. The Balaban J connectivity index is 2.88.